The first-order chi connectivity index (χ1) is 19.4. The van der Waals surface area contributed by atoms with Crippen LogP contribution in [-0.2, 0) is 6.54 Å². The maximum absolute atomic E-state index is 12.4. The van der Waals surface area contributed by atoms with Crippen molar-refractivity contribution in [3.8, 4) is 28.7 Å². The van der Waals surface area contributed by atoms with Crippen molar-refractivity contribution in [2.45, 2.75) is 25.6 Å². The van der Waals surface area contributed by atoms with Gasteiger partial charge in [0.25, 0.3) is 5.91 Å². The lowest BCUT2D eigenvalue weighted by Gasteiger charge is -2.16. The van der Waals surface area contributed by atoms with Crippen LogP contribution in [0.3, 0.4) is 0 Å². The number of methoxy groups -OCH3 is 1. The van der Waals surface area contributed by atoms with E-state index in [1.54, 1.807) is 53.7 Å². The second-order valence-electron chi connectivity index (χ2n) is 8.74. The molecule has 0 aliphatic heterocycles. The fraction of sp³-hybridized carbons (Fsp3) is 0.259. The lowest BCUT2D eigenvalue weighted by atomic mass is 10.1. The molecule has 1 atom stereocenters. The third-order valence-electron chi connectivity index (χ3n) is 5.81. The third-order valence-corrected chi connectivity index (χ3v) is 5.81. The number of anilines is 2. The largest absolute Gasteiger partial charge is 0.495 e. The van der Waals surface area contributed by atoms with E-state index in [-0.39, 0.29) is 19.3 Å². The predicted molar refractivity (Wildman–Crippen MR) is 144 cm³/mol. The minimum atomic E-state index is -0.759. The molecule has 0 spiro atoms. The van der Waals surface area contributed by atoms with Gasteiger partial charge in [-0.05, 0) is 42.8 Å². The highest BCUT2D eigenvalue weighted by Crippen LogP contribution is 2.30. The number of nitrogens with zero attached hydrogens (tertiary/aromatic N) is 6. The molecule has 40 heavy (non-hydrogen) atoms. The molecule has 0 aliphatic carbocycles. The Bertz CT molecular complexity index is 1470. The normalized spacial score (nSPS) is 11.5. The molecule has 0 saturated heterocycles. The highest BCUT2D eigenvalue weighted by molar-refractivity contribution is 5.95. The van der Waals surface area contributed by atoms with Gasteiger partial charge in [-0.15, -0.1) is 0 Å². The predicted octanol–water partition coefficient (Wildman–Crippen LogP) is 1.91. The summed E-state index contributed by atoms with van der Waals surface area (Å²) < 4.78 is 13.1. The number of hydrogen-bond donors (Lipinski definition) is 4. The van der Waals surface area contributed by atoms with Crippen LogP contribution in [0.4, 0.5) is 11.6 Å². The van der Waals surface area contributed by atoms with Gasteiger partial charge < -0.3 is 30.3 Å². The highest BCUT2D eigenvalue weighted by Gasteiger charge is 2.16. The number of aliphatic hydroxyl groups excluding tert-OH is 2. The smallest absolute Gasteiger partial charge is 0.251 e. The van der Waals surface area contributed by atoms with Crippen LogP contribution >= 0.6 is 0 Å². The van der Waals surface area contributed by atoms with Crippen molar-refractivity contribution in [2.75, 3.05) is 25.6 Å². The summed E-state index contributed by atoms with van der Waals surface area (Å²) in [5.41, 5.74) is 2.71. The Labute approximate surface area is 230 Å². The van der Waals surface area contributed by atoms with Gasteiger partial charge in [0.15, 0.2) is 0 Å². The Hall–Kier alpha value is -5.06. The molecule has 13 heteroatoms. The Morgan fingerprint density at radius 2 is 1.88 bits per heavy atom. The van der Waals surface area contributed by atoms with E-state index in [1.165, 1.54) is 19.5 Å². The van der Waals surface area contributed by atoms with Crippen LogP contribution in [0.15, 0.2) is 61.4 Å². The fourth-order valence-electron chi connectivity index (χ4n) is 3.75. The number of carbonyl (C=O) groups excluding carboxylic acids is 1. The number of hydrogen-bond acceptors (Lipinski definition) is 11. The lowest BCUT2D eigenvalue weighted by Crippen LogP contribution is -2.40. The maximum Gasteiger partial charge on any atom is 0.251 e. The average Bonchev–Trinajstić information content (AvgIpc) is 3.49. The SMILES string of the molecule is COc1cc(C(=O)NC(CO)CO)ccc1Nc1ncc(-c2ccc(C#N)c(OC(C)Cn3cncn3)c2)cn1. The number of nitriles is 1. The summed E-state index contributed by atoms with van der Waals surface area (Å²) >= 11 is 0. The van der Waals surface area contributed by atoms with E-state index in [1.807, 2.05) is 6.92 Å². The first-order valence-electron chi connectivity index (χ1n) is 12.3. The zero-order valence-corrected chi connectivity index (χ0v) is 21.9. The topological polar surface area (TPSA) is 180 Å². The summed E-state index contributed by atoms with van der Waals surface area (Å²) in [6, 6.07) is 11.4. The van der Waals surface area contributed by atoms with Gasteiger partial charge in [-0.2, -0.15) is 10.4 Å². The van der Waals surface area contributed by atoms with Gasteiger partial charge in [0.2, 0.25) is 5.95 Å². The molecule has 4 rings (SSSR count). The minimum absolute atomic E-state index is 0.259. The molecule has 0 saturated carbocycles. The number of aliphatic hydroxyl groups is 2. The number of carbonyl (C=O) groups is 1. The number of aromatic nitrogens is 5. The molecule has 2 aromatic heterocycles. The summed E-state index contributed by atoms with van der Waals surface area (Å²) in [6.45, 7) is 1.59. The Balaban J connectivity index is 1.47. The van der Waals surface area contributed by atoms with Gasteiger partial charge in [0.05, 0.1) is 44.2 Å². The summed E-state index contributed by atoms with van der Waals surface area (Å²) in [6.07, 6.45) is 6.06. The molecule has 13 nitrogen and oxygen atoms in total. The third kappa shape index (κ3) is 6.87. The molecule has 206 valence electrons. The van der Waals surface area contributed by atoms with Crippen LogP contribution in [0.5, 0.6) is 11.5 Å². The van der Waals surface area contributed by atoms with Gasteiger partial charge in [-0.25, -0.2) is 19.6 Å². The first-order valence-corrected chi connectivity index (χ1v) is 12.3. The lowest BCUT2D eigenvalue weighted by molar-refractivity contribution is 0.0879. The molecule has 1 amide bonds. The second kappa shape index (κ2) is 13.1. The number of rotatable bonds is 12. The van der Waals surface area contributed by atoms with Crippen LogP contribution in [-0.4, -0.2) is 73.3 Å². The maximum atomic E-state index is 12.4. The van der Waals surface area contributed by atoms with Crippen molar-refractivity contribution in [3.05, 3.63) is 72.6 Å². The first kappa shape index (κ1) is 28.0. The van der Waals surface area contributed by atoms with Gasteiger partial charge in [-0.1, -0.05) is 6.07 Å². The van der Waals surface area contributed by atoms with Crippen molar-refractivity contribution < 1.29 is 24.5 Å². The molecule has 4 N–H and O–H groups in total. The Morgan fingerprint density at radius 1 is 1.10 bits per heavy atom. The van der Waals surface area contributed by atoms with Gasteiger partial charge in [0.1, 0.15) is 36.3 Å². The molecule has 0 bridgehead atoms. The van der Waals surface area contributed by atoms with Crippen LogP contribution in [0.25, 0.3) is 11.1 Å². The Morgan fingerprint density at radius 3 is 2.52 bits per heavy atom. The monoisotopic (exact) mass is 544 g/mol. The number of amides is 1. The van der Waals surface area contributed by atoms with E-state index in [0.29, 0.717) is 46.4 Å². The van der Waals surface area contributed by atoms with Gasteiger partial charge in [-0.3, -0.25) is 4.79 Å². The van der Waals surface area contributed by atoms with Crippen LogP contribution in [0.2, 0.25) is 0 Å². The van der Waals surface area contributed by atoms with Crippen molar-refractivity contribution in [2.24, 2.45) is 0 Å². The van der Waals surface area contributed by atoms with E-state index in [9.17, 15) is 20.3 Å². The van der Waals surface area contributed by atoms with E-state index in [2.05, 4.69) is 36.8 Å². The van der Waals surface area contributed by atoms with Crippen LogP contribution in [0.1, 0.15) is 22.8 Å². The number of ether oxygens (including phenoxy) is 2. The van der Waals surface area contributed by atoms with E-state index >= 15 is 0 Å². The van der Waals surface area contributed by atoms with Crippen LogP contribution < -0.4 is 20.1 Å². The van der Waals surface area contributed by atoms with E-state index in [0.717, 1.165) is 5.56 Å². The van der Waals surface area contributed by atoms with E-state index in [4.69, 9.17) is 9.47 Å². The van der Waals surface area contributed by atoms with Crippen molar-refractivity contribution in [1.29, 1.82) is 5.26 Å². The van der Waals surface area contributed by atoms with Gasteiger partial charge in [0, 0.05) is 23.5 Å². The molecule has 2 aromatic carbocycles. The molecule has 0 fully saturated rings. The molecule has 4 aromatic rings. The summed E-state index contributed by atoms with van der Waals surface area (Å²) in [5, 5.41) is 37.6. The zero-order chi connectivity index (χ0) is 28.5. The minimum Gasteiger partial charge on any atom is -0.495 e. The summed E-state index contributed by atoms with van der Waals surface area (Å²) in [4.78, 5) is 25.1. The van der Waals surface area contributed by atoms with Crippen molar-refractivity contribution in [3.63, 3.8) is 0 Å². The quantitative estimate of drug-likeness (QED) is 0.205. The Kier molecular flexibility index (Phi) is 9.19. The van der Waals surface area contributed by atoms with Crippen molar-refractivity contribution >= 4 is 17.5 Å². The molecule has 1 unspecified atom stereocenters. The molecule has 2 heterocycles. The van der Waals surface area contributed by atoms with Gasteiger partial charge >= 0.3 is 0 Å². The number of nitrogens with one attached hydrogen (secondary N) is 2. The van der Waals surface area contributed by atoms with Crippen LogP contribution in [0, 0.1) is 11.3 Å². The fourth-order valence-corrected chi connectivity index (χ4v) is 3.75. The molecule has 0 radical (unpaired) electrons. The second-order valence-corrected chi connectivity index (χ2v) is 8.74. The summed E-state index contributed by atoms with van der Waals surface area (Å²) in [7, 11) is 1.47. The van der Waals surface area contributed by atoms with Crippen molar-refractivity contribution in [1.82, 2.24) is 30.0 Å². The summed E-state index contributed by atoms with van der Waals surface area (Å²) in [5.74, 6) is 0.648. The standard InChI is InChI=1S/C27H28N8O5/c1-17(12-35-16-29-15-32-35)40-24-7-18(3-4-20(24)9-28)21-10-30-27(31-11-21)34-23-6-5-19(8-25(23)39-2)26(38)33-22(13-36)14-37/h3-8,10-11,15-17,22,36-37H,12-14H2,1-2H3,(H,33,38)(H,30,31,34). The highest BCUT2D eigenvalue weighted by atomic mass is 16.5. The zero-order valence-electron chi connectivity index (χ0n) is 21.9. The molecular formula is C27H28N8O5. The molecule has 0 aliphatic rings. The van der Waals surface area contributed by atoms with E-state index < -0.39 is 11.9 Å². The number of benzene rings is 2. The average molecular weight is 545 g/mol. The molecular weight excluding hydrogens is 516 g/mol.